The molecule has 2 heterocycles. The van der Waals surface area contributed by atoms with Crippen molar-refractivity contribution >= 4 is 17.2 Å². The highest BCUT2D eigenvalue weighted by molar-refractivity contribution is 7.13. The van der Waals surface area contributed by atoms with E-state index < -0.39 is 0 Å². The molecule has 0 aliphatic rings. The van der Waals surface area contributed by atoms with Crippen molar-refractivity contribution in [3.05, 3.63) is 24.1 Å². The first-order valence-electron chi connectivity index (χ1n) is 3.33. The summed E-state index contributed by atoms with van der Waals surface area (Å²) in [5, 5.41) is 2.75. The second kappa shape index (κ2) is 2.86. The number of hydrogen-bond donors (Lipinski definition) is 1. The van der Waals surface area contributed by atoms with Crippen LogP contribution in [0.25, 0.3) is 10.6 Å². The third-order valence-electron chi connectivity index (χ3n) is 1.41. The van der Waals surface area contributed by atoms with Crippen LogP contribution in [0.3, 0.4) is 0 Å². The van der Waals surface area contributed by atoms with E-state index in [0.29, 0.717) is 5.82 Å². The summed E-state index contributed by atoms with van der Waals surface area (Å²) in [7, 11) is 0. The number of aromatic nitrogens is 3. The van der Waals surface area contributed by atoms with Crippen molar-refractivity contribution in [3.8, 4) is 10.6 Å². The van der Waals surface area contributed by atoms with Gasteiger partial charge in [-0.1, -0.05) is 0 Å². The van der Waals surface area contributed by atoms with Gasteiger partial charge in [0.2, 0.25) is 0 Å². The third-order valence-corrected chi connectivity index (χ3v) is 2.21. The van der Waals surface area contributed by atoms with E-state index in [1.54, 1.807) is 12.4 Å². The lowest BCUT2D eigenvalue weighted by molar-refractivity contribution is 1.17. The molecule has 0 saturated carbocycles. The molecule has 2 N–H and O–H groups in total. The lowest BCUT2D eigenvalue weighted by Gasteiger charge is -1.97. The molecular formula is C7H6N4S. The van der Waals surface area contributed by atoms with E-state index >= 15 is 0 Å². The molecule has 0 saturated heterocycles. The second-order valence-electron chi connectivity index (χ2n) is 2.16. The molecular weight excluding hydrogens is 172 g/mol. The molecule has 2 rings (SSSR count). The van der Waals surface area contributed by atoms with E-state index in [1.807, 2.05) is 5.38 Å². The maximum Gasteiger partial charge on any atom is 0.137 e. The molecule has 0 fully saturated rings. The Kier molecular flexibility index (Phi) is 1.71. The fourth-order valence-electron chi connectivity index (χ4n) is 0.860. The van der Waals surface area contributed by atoms with Crippen molar-refractivity contribution in [1.29, 1.82) is 0 Å². The van der Waals surface area contributed by atoms with Gasteiger partial charge in [0.05, 0.1) is 5.56 Å². The summed E-state index contributed by atoms with van der Waals surface area (Å²) in [6.07, 6.45) is 4.82. The first-order valence-corrected chi connectivity index (χ1v) is 4.21. The van der Waals surface area contributed by atoms with Crippen molar-refractivity contribution in [2.24, 2.45) is 0 Å². The van der Waals surface area contributed by atoms with Gasteiger partial charge in [0.25, 0.3) is 0 Å². The van der Waals surface area contributed by atoms with E-state index in [9.17, 15) is 0 Å². The van der Waals surface area contributed by atoms with Crippen molar-refractivity contribution in [2.75, 3.05) is 5.73 Å². The molecule has 0 amide bonds. The SMILES string of the molecule is Nc1ncncc1-c1nccs1. The van der Waals surface area contributed by atoms with Gasteiger partial charge in [0.1, 0.15) is 17.2 Å². The van der Waals surface area contributed by atoms with Crippen LogP contribution in [-0.2, 0) is 0 Å². The van der Waals surface area contributed by atoms with E-state index in [2.05, 4.69) is 15.0 Å². The number of nitrogen functional groups attached to an aromatic ring is 1. The van der Waals surface area contributed by atoms with Crippen LogP contribution in [0.4, 0.5) is 5.82 Å². The Labute approximate surface area is 73.1 Å². The molecule has 5 heteroatoms. The first kappa shape index (κ1) is 7.17. The smallest absolute Gasteiger partial charge is 0.137 e. The maximum absolute atomic E-state index is 5.63. The zero-order valence-corrected chi connectivity index (χ0v) is 6.95. The van der Waals surface area contributed by atoms with Crippen LogP contribution in [0.2, 0.25) is 0 Å². The molecule has 0 bridgehead atoms. The highest BCUT2D eigenvalue weighted by Crippen LogP contribution is 2.24. The van der Waals surface area contributed by atoms with Crippen molar-refractivity contribution < 1.29 is 0 Å². The Morgan fingerprint density at radius 2 is 2.25 bits per heavy atom. The summed E-state index contributed by atoms with van der Waals surface area (Å²) in [6.45, 7) is 0. The molecule has 0 radical (unpaired) electrons. The number of nitrogens with zero attached hydrogens (tertiary/aromatic N) is 3. The minimum absolute atomic E-state index is 0.472. The van der Waals surface area contributed by atoms with E-state index in [0.717, 1.165) is 10.6 Å². The summed E-state index contributed by atoms with van der Waals surface area (Å²) in [4.78, 5) is 11.9. The van der Waals surface area contributed by atoms with Crippen molar-refractivity contribution in [1.82, 2.24) is 15.0 Å². The molecule has 2 aromatic rings. The standard InChI is InChI=1S/C7H6N4S/c8-6-5(3-9-4-11-6)7-10-1-2-12-7/h1-4H,(H2,8,9,11). The zero-order valence-electron chi connectivity index (χ0n) is 6.14. The first-order chi connectivity index (χ1) is 5.88. The van der Waals surface area contributed by atoms with Crippen molar-refractivity contribution in [2.45, 2.75) is 0 Å². The minimum Gasteiger partial charge on any atom is -0.383 e. The molecule has 0 aliphatic carbocycles. The van der Waals surface area contributed by atoms with Crippen molar-refractivity contribution in [3.63, 3.8) is 0 Å². The minimum atomic E-state index is 0.472. The number of rotatable bonds is 1. The lowest BCUT2D eigenvalue weighted by Crippen LogP contribution is -1.93. The molecule has 2 aromatic heterocycles. The average Bonchev–Trinajstić information content (AvgIpc) is 2.57. The number of nitrogens with two attached hydrogens (primary N) is 1. The number of anilines is 1. The van der Waals surface area contributed by atoms with Gasteiger partial charge in [-0.05, 0) is 0 Å². The van der Waals surface area contributed by atoms with Crippen LogP contribution in [0.1, 0.15) is 0 Å². The fourth-order valence-corrected chi connectivity index (χ4v) is 1.52. The Hall–Kier alpha value is -1.49. The monoisotopic (exact) mass is 178 g/mol. The Morgan fingerprint density at radius 3 is 2.92 bits per heavy atom. The second-order valence-corrected chi connectivity index (χ2v) is 3.05. The molecule has 0 atom stereocenters. The highest BCUT2D eigenvalue weighted by atomic mass is 32.1. The fraction of sp³-hybridized carbons (Fsp3) is 0. The highest BCUT2D eigenvalue weighted by Gasteiger charge is 2.04. The van der Waals surface area contributed by atoms with Gasteiger partial charge in [0.15, 0.2) is 0 Å². The van der Waals surface area contributed by atoms with Crippen LogP contribution >= 0.6 is 11.3 Å². The number of thiazole rings is 1. The average molecular weight is 178 g/mol. The summed E-state index contributed by atoms with van der Waals surface area (Å²) in [5.41, 5.74) is 6.43. The van der Waals surface area contributed by atoms with Gasteiger partial charge in [-0.2, -0.15) is 0 Å². The van der Waals surface area contributed by atoms with Gasteiger partial charge in [0, 0.05) is 17.8 Å². The zero-order chi connectivity index (χ0) is 8.39. The largest absolute Gasteiger partial charge is 0.383 e. The van der Waals surface area contributed by atoms with Crippen LogP contribution in [0.15, 0.2) is 24.1 Å². The molecule has 4 nitrogen and oxygen atoms in total. The Bertz CT molecular complexity index is 371. The summed E-state index contributed by atoms with van der Waals surface area (Å²) >= 11 is 1.52. The third kappa shape index (κ3) is 1.14. The molecule has 12 heavy (non-hydrogen) atoms. The van der Waals surface area contributed by atoms with Gasteiger partial charge >= 0.3 is 0 Å². The molecule has 0 unspecified atom stereocenters. The van der Waals surface area contributed by atoms with Crippen LogP contribution in [-0.4, -0.2) is 15.0 Å². The molecule has 60 valence electrons. The predicted molar refractivity (Wildman–Crippen MR) is 47.6 cm³/mol. The summed E-state index contributed by atoms with van der Waals surface area (Å²) in [6, 6.07) is 0. The Morgan fingerprint density at radius 1 is 1.33 bits per heavy atom. The van der Waals surface area contributed by atoms with E-state index in [1.165, 1.54) is 17.7 Å². The molecule has 0 spiro atoms. The van der Waals surface area contributed by atoms with Gasteiger partial charge in [-0.25, -0.2) is 15.0 Å². The molecule has 0 aromatic carbocycles. The molecule has 0 aliphatic heterocycles. The van der Waals surface area contributed by atoms with Gasteiger partial charge in [-0.3, -0.25) is 0 Å². The van der Waals surface area contributed by atoms with Gasteiger partial charge < -0.3 is 5.73 Å². The topological polar surface area (TPSA) is 64.7 Å². The van der Waals surface area contributed by atoms with Crippen LogP contribution in [0.5, 0.6) is 0 Å². The quantitative estimate of drug-likeness (QED) is 0.712. The van der Waals surface area contributed by atoms with Gasteiger partial charge in [-0.15, -0.1) is 11.3 Å². The Balaban J connectivity index is 2.55. The van der Waals surface area contributed by atoms with Crippen LogP contribution < -0.4 is 5.73 Å². The van der Waals surface area contributed by atoms with E-state index in [-0.39, 0.29) is 0 Å². The lowest BCUT2D eigenvalue weighted by atomic mass is 10.3. The predicted octanol–water partition coefficient (Wildman–Crippen LogP) is 1.18. The number of hydrogen-bond acceptors (Lipinski definition) is 5. The summed E-state index contributed by atoms with van der Waals surface area (Å²) < 4.78 is 0. The summed E-state index contributed by atoms with van der Waals surface area (Å²) in [5.74, 6) is 0.472. The van der Waals surface area contributed by atoms with Crippen LogP contribution in [0, 0.1) is 0 Å². The maximum atomic E-state index is 5.63. The normalized spacial score (nSPS) is 10.0. The van der Waals surface area contributed by atoms with E-state index in [4.69, 9.17) is 5.73 Å².